The molecule has 5 nitrogen and oxygen atoms in total. The van der Waals surface area contributed by atoms with Crippen LogP contribution in [0.4, 0.5) is 11.4 Å². The summed E-state index contributed by atoms with van der Waals surface area (Å²) in [6.45, 7) is 5.52. The molecule has 0 bridgehead atoms. The van der Waals surface area contributed by atoms with Crippen molar-refractivity contribution in [2.45, 2.75) is 43.0 Å². The second-order valence-corrected chi connectivity index (χ2v) is 9.65. The number of para-hydroxylation sites is 1. The Morgan fingerprint density at radius 2 is 1.93 bits per heavy atom. The summed E-state index contributed by atoms with van der Waals surface area (Å²) < 4.78 is 28.3. The molecule has 0 saturated carbocycles. The Hall–Kier alpha value is -1.99. The average molecular weight is 405 g/mol. The van der Waals surface area contributed by atoms with E-state index in [0.717, 1.165) is 16.1 Å². The molecule has 0 unspecified atom stereocenters. The number of fused-ring (bicyclic) bond motifs is 1. The predicted octanol–water partition coefficient (Wildman–Crippen LogP) is 4.14. The molecule has 1 amide bonds. The lowest BCUT2D eigenvalue weighted by atomic mass is 10.1. The van der Waals surface area contributed by atoms with Crippen molar-refractivity contribution in [3.63, 3.8) is 0 Å². The number of nitrogens with one attached hydrogen (secondary N) is 1. The molecule has 0 radical (unpaired) electrons. The number of nitrogens with zero attached hydrogens (tertiary/aromatic N) is 1. The third kappa shape index (κ3) is 3.71. The zero-order valence-corrected chi connectivity index (χ0v) is 17.5. The lowest BCUT2D eigenvalue weighted by molar-refractivity contribution is -0.118. The lowest BCUT2D eigenvalue weighted by Gasteiger charge is -2.25. The number of thioether (sulfide) groups is 1. The van der Waals surface area contributed by atoms with E-state index in [0.29, 0.717) is 12.1 Å². The second-order valence-electron chi connectivity index (χ2n) is 6.99. The van der Waals surface area contributed by atoms with Gasteiger partial charge in [-0.05, 0) is 49.4 Å². The summed E-state index contributed by atoms with van der Waals surface area (Å²) in [5, 5.41) is 2.85. The van der Waals surface area contributed by atoms with Crippen LogP contribution in [0.2, 0.25) is 0 Å². The fourth-order valence-corrected chi connectivity index (χ4v) is 5.49. The van der Waals surface area contributed by atoms with E-state index >= 15 is 0 Å². The molecule has 0 aliphatic carbocycles. The quantitative estimate of drug-likeness (QED) is 0.761. The maximum Gasteiger partial charge on any atom is 0.264 e. The van der Waals surface area contributed by atoms with Gasteiger partial charge in [-0.1, -0.05) is 32.0 Å². The molecular formula is C20H24N2O3S2. The molecule has 1 N–H and O–H groups in total. The van der Waals surface area contributed by atoms with Crippen molar-refractivity contribution in [3.8, 4) is 0 Å². The number of carbonyl (C=O) groups excluding carboxylic acids is 1. The van der Waals surface area contributed by atoms with Crippen molar-refractivity contribution >= 4 is 39.1 Å². The van der Waals surface area contributed by atoms with Crippen LogP contribution in [0.1, 0.15) is 26.3 Å². The summed E-state index contributed by atoms with van der Waals surface area (Å²) >= 11 is 1.47. The third-order valence-corrected chi connectivity index (χ3v) is 7.37. The molecule has 1 aliphatic rings. The van der Waals surface area contributed by atoms with Crippen LogP contribution < -0.4 is 9.62 Å². The van der Waals surface area contributed by atoms with Gasteiger partial charge in [0.05, 0.1) is 16.3 Å². The highest BCUT2D eigenvalue weighted by Gasteiger charge is 2.36. The van der Waals surface area contributed by atoms with E-state index in [4.69, 9.17) is 0 Å². The van der Waals surface area contributed by atoms with Crippen LogP contribution in [0.3, 0.4) is 0 Å². The van der Waals surface area contributed by atoms with Gasteiger partial charge in [0, 0.05) is 16.9 Å². The largest absolute Gasteiger partial charge is 0.325 e. The molecule has 7 heteroatoms. The van der Waals surface area contributed by atoms with Crippen molar-refractivity contribution in [1.29, 1.82) is 0 Å². The van der Waals surface area contributed by atoms with Gasteiger partial charge >= 0.3 is 0 Å². The minimum atomic E-state index is -3.73. The predicted molar refractivity (Wildman–Crippen MR) is 111 cm³/mol. The summed E-state index contributed by atoms with van der Waals surface area (Å²) in [5.74, 6) is -0.329. The van der Waals surface area contributed by atoms with Gasteiger partial charge in [-0.15, -0.1) is 11.8 Å². The molecule has 0 spiro atoms. The van der Waals surface area contributed by atoms with Crippen LogP contribution >= 0.6 is 11.8 Å². The zero-order valence-electron chi connectivity index (χ0n) is 15.9. The summed E-state index contributed by atoms with van der Waals surface area (Å²) in [5.41, 5.74) is 2.29. The lowest BCUT2D eigenvalue weighted by Crippen LogP contribution is -2.35. The summed E-state index contributed by atoms with van der Waals surface area (Å²) in [6, 6.07) is 12.4. The Kier molecular flexibility index (Phi) is 5.53. The van der Waals surface area contributed by atoms with E-state index < -0.39 is 10.0 Å². The number of rotatable bonds is 5. The van der Waals surface area contributed by atoms with Gasteiger partial charge in [-0.25, -0.2) is 8.42 Å². The molecule has 2 aromatic rings. The fourth-order valence-electron chi connectivity index (χ4n) is 3.24. The zero-order chi connectivity index (χ0) is 19.8. The van der Waals surface area contributed by atoms with Gasteiger partial charge in [0.25, 0.3) is 10.0 Å². The summed E-state index contributed by atoms with van der Waals surface area (Å²) in [6.07, 6.45) is 2.59. The highest BCUT2D eigenvalue weighted by atomic mass is 32.2. The van der Waals surface area contributed by atoms with Crippen LogP contribution in [0.15, 0.2) is 52.3 Å². The molecule has 2 aromatic carbocycles. The van der Waals surface area contributed by atoms with Crippen molar-refractivity contribution in [3.05, 3.63) is 48.0 Å². The minimum absolute atomic E-state index is 0.139. The molecule has 1 aliphatic heterocycles. The van der Waals surface area contributed by atoms with Crippen LogP contribution in [-0.2, 0) is 21.2 Å². The van der Waals surface area contributed by atoms with Crippen LogP contribution in [0.5, 0.6) is 0 Å². The highest BCUT2D eigenvalue weighted by Crippen LogP contribution is 2.38. The maximum atomic E-state index is 13.4. The van der Waals surface area contributed by atoms with Gasteiger partial charge in [0.1, 0.15) is 0 Å². The number of amides is 1. The van der Waals surface area contributed by atoms with Gasteiger partial charge in [-0.2, -0.15) is 0 Å². The van der Waals surface area contributed by atoms with E-state index in [1.54, 1.807) is 32.0 Å². The normalized spacial score (nSPS) is 16.5. The van der Waals surface area contributed by atoms with Crippen LogP contribution in [0, 0.1) is 5.92 Å². The third-order valence-electron chi connectivity index (χ3n) is 4.65. The van der Waals surface area contributed by atoms with Crippen LogP contribution in [0.25, 0.3) is 0 Å². The van der Waals surface area contributed by atoms with E-state index in [1.807, 2.05) is 37.4 Å². The highest BCUT2D eigenvalue weighted by molar-refractivity contribution is 7.98. The van der Waals surface area contributed by atoms with Crippen molar-refractivity contribution in [2.75, 3.05) is 15.9 Å². The summed E-state index contributed by atoms with van der Waals surface area (Å²) in [4.78, 5) is 13.1. The molecule has 0 aromatic heterocycles. The average Bonchev–Trinajstić information content (AvgIpc) is 2.97. The molecule has 0 fully saturated rings. The van der Waals surface area contributed by atoms with E-state index in [-0.39, 0.29) is 22.8 Å². The van der Waals surface area contributed by atoms with Crippen molar-refractivity contribution in [1.82, 2.24) is 0 Å². The van der Waals surface area contributed by atoms with E-state index in [1.165, 1.54) is 16.1 Å². The molecule has 1 atom stereocenters. The molecule has 1 heterocycles. The Morgan fingerprint density at radius 3 is 2.59 bits per heavy atom. The Balaban J connectivity index is 2.04. The molecule has 0 saturated heterocycles. The minimum Gasteiger partial charge on any atom is -0.325 e. The molecule has 27 heavy (non-hydrogen) atoms. The first kappa shape index (κ1) is 19.8. The smallest absolute Gasteiger partial charge is 0.264 e. The maximum absolute atomic E-state index is 13.4. The van der Waals surface area contributed by atoms with E-state index in [2.05, 4.69) is 5.32 Å². The number of hydrogen-bond acceptors (Lipinski definition) is 4. The first-order valence-corrected chi connectivity index (χ1v) is 11.5. The number of hydrogen-bond donors (Lipinski definition) is 1. The van der Waals surface area contributed by atoms with Gasteiger partial charge < -0.3 is 5.32 Å². The molecule has 3 rings (SSSR count). The van der Waals surface area contributed by atoms with Crippen molar-refractivity contribution in [2.24, 2.45) is 5.92 Å². The number of carbonyl (C=O) groups is 1. The molecule has 144 valence electrons. The van der Waals surface area contributed by atoms with Gasteiger partial charge in [0.15, 0.2) is 0 Å². The topological polar surface area (TPSA) is 66.5 Å². The second kappa shape index (κ2) is 7.56. The number of anilines is 2. The number of sulfonamides is 1. The Bertz CT molecular complexity index is 971. The fraction of sp³-hybridized carbons (Fsp3) is 0.350. The SMILES string of the molecule is CSc1ccc(S(=O)(=O)N2c3ccccc3C[C@H]2C)cc1NC(=O)C(C)C. The van der Waals surface area contributed by atoms with Gasteiger partial charge in [-0.3, -0.25) is 9.10 Å². The monoisotopic (exact) mass is 404 g/mol. The summed E-state index contributed by atoms with van der Waals surface area (Å²) in [7, 11) is -3.73. The Morgan fingerprint density at radius 1 is 1.22 bits per heavy atom. The van der Waals surface area contributed by atoms with Crippen molar-refractivity contribution < 1.29 is 13.2 Å². The van der Waals surface area contributed by atoms with Crippen LogP contribution in [-0.4, -0.2) is 26.6 Å². The Labute approximate surface area is 165 Å². The first-order chi connectivity index (χ1) is 12.8. The first-order valence-electron chi connectivity index (χ1n) is 8.87. The van der Waals surface area contributed by atoms with Gasteiger partial charge in [0.2, 0.25) is 5.91 Å². The van der Waals surface area contributed by atoms with E-state index in [9.17, 15) is 13.2 Å². The number of benzene rings is 2. The standard InChI is InChI=1S/C20H24N2O3S2/c1-13(2)20(23)21-17-12-16(9-10-19(17)26-4)27(24,25)22-14(3)11-15-7-5-6-8-18(15)22/h5-10,12-14H,11H2,1-4H3,(H,21,23)/t14-/m1/s1. The molecular weight excluding hydrogens is 380 g/mol.